The van der Waals surface area contributed by atoms with Crippen LogP contribution in [0.25, 0.3) is 0 Å². The number of amides is 1. The zero-order chi connectivity index (χ0) is 16.1. The highest BCUT2D eigenvalue weighted by Gasteiger charge is 2.26. The summed E-state index contributed by atoms with van der Waals surface area (Å²) in [4.78, 5) is 25.9. The number of rotatable bonds is 4. The number of esters is 1. The molecule has 6 heteroatoms. The molecule has 1 saturated heterocycles. The van der Waals surface area contributed by atoms with Crippen molar-refractivity contribution >= 4 is 23.5 Å². The van der Waals surface area contributed by atoms with Crippen molar-refractivity contribution in [3.63, 3.8) is 0 Å². The Morgan fingerprint density at radius 1 is 1.41 bits per heavy atom. The normalized spacial score (nSPS) is 18.1. The van der Waals surface area contributed by atoms with Gasteiger partial charge in [0.15, 0.2) is 6.61 Å². The summed E-state index contributed by atoms with van der Waals surface area (Å²) in [6.07, 6.45) is 3.90. The van der Waals surface area contributed by atoms with Crippen LogP contribution in [-0.4, -0.2) is 36.0 Å². The van der Waals surface area contributed by atoms with E-state index in [0.717, 1.165) is 31.7 Å². The maximum absolute atomic E-state index is 13.6. The monoisotopic (exact) mass is 327 g/mol. The molecule has 1 fully saturated rings. The molecule has 0 bridgehead atoms. The lowest BCUT2D eigenvalue weighted by Crippen LogP contribution is -2.45. The number of carbonyl (C=O) groups excluding carboxylic acids is 2. The molecule has 22 heavy (non-hydrogen) atoms. The maximum atomic E-state index is 13.6. The third-order valence-electron chi connectivity index (χ3n) is 3.91. The Morgan fingerprint density at radius 2 is 2.18 bits per heavy atom. The smallest absolute Gasteiger partial charge is 0.343 e. The predicted molar refractivity (Wildman–Crippen MR) is 81.3 cm³/mol. The van der Waals surface area contributed by atoms with Gasteiger partial charge in [0.25, 0.3) is 5.91 Å². The van der Waals surface area contributed by atoms with Crippen molar-refractivity contribution in [3.8, 4) is 0 Å². The molecule has 1 aliphatic rings. The first kappa shape index (κ1) is 16.7. The number of hydrogen-bond donors (Lipinski definition) is 0. The van der Waals surface area contributed by atoms with E-state index >= 15 is 0 Å². The minimum Gasteiger partial charge on any atom is -0.452 e. The van der Waals surface area contributed by atoms with Crippen molar-refractivity contribution in [1.29, 1.82) is 0 Å². The summed E-state index contributed by atoms with van der Waals surface area (Å²) in [5, 5.41) is -0.0261. The van der Waals surface area contributed by atoms with Gasteiger partial charge in [-0.2, -0.15) is 0 Å². The van der Waals surface area contributed by atoms with E-state index in [-0.39, 0.29) is 29.1 Å². The first-order valence-electron chi connectivity index (χ1n) is 7.45. The molecule has 1 heterocycles. The fourth-order valence-electron chi connectivity index (χ4n) is 2.73. The number of carbonyl (C=O) groups is 2. The highest BCUT2D eigenvalue weighted by molar-refractivity contribution is 6.33. The molecule has 1 aromatic carbocycles. The molecule has 1 atom stereocenters. The van der Waals surface area contributed by atoms with Gasteiger partial charge >= 0.3 is 5.97 Å². The summed E-state index contributed by atoms with van der Waals surface area (Å²) in [5.74, 6) is -1.91. The summed E-state index contributed by atoms with van der Waals surface area (Å²) in [5.41, 5.74) is -0.331. The van der Waals surface area contributed by atoms with Crippen molar-refractivity contribution in [1.82, 2.24) is 4.90 Å². The molecule has 0 radical (unpaired) electrons. The number of benzene rings is 1. The van der Waals surface area contributed by atoms with Crippen molar-refractivity contribution < 1.29 is 18.7 Å². The number of ether oxygens (including phenoxy) is 1. The largest absolute Gasteiger partial charge is 0.452 e. The average Bonchev–Trinajstić information content (AvgIpc) is 2.52. The van der Waals surface area contributed by atoms with E-state index in [9.17, 15) is 14.0 Å². The Hall–Kier alpha value is -1.62. The van der Waals surface area contributed by atoms with Crippen LogP contribution in [0.1, 0.15) is 43.0 Å². The van der Waals surface area contributed by atoms with Gasteiger partial charge in [-0.25, -0.2) is 9.18 Å². The molecule has 0 spiro atoms. The molecule has 1 aromatic rings. The zero-order valence-corrected chi connectivity index (χ0v) is 13.2. The topological polar surface area (TPSA) is 46.6 Å². The van der Waals surface area contributed by atoms with E-state index in [4.69, 9.17) is 16.3 Å². The molecular formula is C16H19ClFNO3. The molecular weight excluding hydrogens is 309 g/mol. The quantitative estimate of drug-likeness (QED) is 0.796. The third-order valence-corrected chi connectivity index (χ3v) is 4.23. The second kappa shape index (κ2) is 7.58. The Balaban J connectivity index is 1.97. The fourth-order valence-corrected chi connectivity index (χ4v) is 2.97. The molecule has 0 saturated carbocycles. The molecule has 0 N–H and O–H groups in total. The summed E-state index contributed by atoms with van der Waals surface area (Å²) >= 11 is 5.80. The number of likely N-dealkylation sites (tertiary alicyclic amines) is 1. The van der Waals surface area contributed by atoms with E-state index < -0.39 is 11.8 Å². The van der Waals surface area contributed by atoms with Gasteiger partial charge < -0.3 is 9.64 Å². The summed E-state index contributed by atoms with van der Waals surface area (Å²) in [7, 11) is 0. The zero-order valence-electron chi connectivity index (χ0n) is 12.5. The third kappa shape index (κ3) is 3.77. The van der Waals surface area contributed by atoms with E-state index in [2.05, 4.69) is 0 Å². The molecule has 120 valence electrons. The summed E-state index contributed by atoms with van der Waals surface area (Å²) in [6.45, 7) is 2.32. The first-order valence-corrected chi connectivity index (χ1v) is 7.83. The maximum Gasteiger partial charge on any atom is 0.343 e. The Kier molecular flexibility index (Phi) is 5.77. The van der Waals surface area contributed by atoms with Gasteiger partial charge in [-0.05, 0) is 37.8 Å². The van der Waals surface area contributed by atoms with Crippen molar-refractivity contribution in [2.24, 2.45) is 0 Å². The number of halogens is 2. The molecule has 0 aliphatic carbocycles. The Bertz CT molecular complexity index is 544. The van der Waals surface area contributed by atoms with Crippen molar-refractivity contribution in [2.45, 2.75) is 38.6 Å². The fraction of sp³-hybridized carbons (Fsp3) is 0.500. The van der Waals surface area contributed by atoms with Crippen LogP contribution in [-0.2, 0) is 9.53 Å². The highest BCUT2D eigenvalue weighted by atomic mass is 35.5. The van der Waals surface area contributed by atoms with Gasteiger partial charge in [-0.1, -0.05) is 24.6 Å². The van der Waals surface area contributed by atoms with E-state index in [0.29, 0.717) is 6.54 Å². The lowest BCUT2D eigenvalue weighted by Gasteiger charge is -2.35. The lowest BCUT2D eigenvalue weighted by molar-refractivity contribution is -0.138. The Morgan fingerprint density at radius 3 is 2.86 bits per heavy atom. The Labute approximate surface area is 134 Å². The van der Waals surface area contributed by atoms with E-state index in [1.54, 1.807) is 4.90 Å². The second-order valence-corrected chi connectivity index (χ2v) is 5.72. The van der Waals surface area contributed by atoms with Crippen LogP contribution in [0, 0.1) is 5.82 Å². The molecule has 1 unspecified atom stereocenters. The minimum atomic E-state index is -0.915. The van der Waals surface area contributed by atoms with Gasteiger partial charge in [-0.3, -0.25) is 4.79 Å². The van der Waals surface area contributed by atoms with Crippen LogP contribution in [0.15, 0.2) is 18.2 Å². The lowest BCUT2D eigenvalue weighted by atomic mass is 10.00. The van der Waals surface area contributed by atoms with Crippen LogP contribution in [0.3, 0.4) is 0 Å². The minimum absolute atomic E-state index is 0.0261. The van der Waals surface area contributed by atoms with E-state index in [1.165, 1.54) is 12.1 Å². The summed E-state index contributed by atoms with van der Waals surface area (Å²) in [6, 6.07) is 4.12. The SMILES string of the molecule is CCC1CCCCN1C(=O)COC(=O)c1c(F)cccc1Cl. The second-order valence-electron chi connectivity index (χ2n) is 5.32. The molecule has 1 amide bonds. The number of nitrogens with zero attached hydrogens (tertiary/aromatic N) is 1. The van der Waals surface area contributed by atoms with Gasteiger partial charge in [0, 0.05) is 12.6 Å². The van der Waals surface area contributed by atoms with Gasteiger partial charge in [-0.15, -0.1) is 0 Å². The predicted octanol–water partition coefficient (Wildman–Crippen LogP) is 3.43. The van der Waals surface area contributed by atoms with Crippen molar-refractivity contribution in [3.05, 3.63) is 34.6 Å². The van der Waals surface area contributed by atoms with Crippen LogP contribution < -0.4 is 0 Å². The molecule has 2 rings (SSSR count). The molecule has 4 nitrogen and oxygen atoms in total. The van der Waals surface area contributed by atoms with Crippen molar-refractivity contribution in [2.75, 3.05) is 13.2 Å². The number of piperidine rings is 1. The number of hydrogen-bond acceptors (Lipinski definition) is 3. The highest BCUT2D eigenvalue weighted by Crippen LogP contribution is 2.21. The molecule has 1 aliphatic heterocycles. The van der Waals surface area contributed by atoms with Gasteiger partial charge in [0.1, 0.15) is 11.4 Å². The first-order chi connectivity index (χ1) is 10.5. The molecule has 0 aromatic heterocycles. The van der Waals surface area contributed by atoms with Crippen LogP contribution in [0.2, 0.25) is 5.02 Å². The van der Waals surface area contributed by atoms with Crippen LogP contribution in [0.4, 0.5) is 4.39 Å². The van der Waals surface area contributed by atoms with E-state index in [1.807, 2.05) is 6.92 Å². The van der Waals surface area contributed by atoms with Gasteiger partial charge in [0.05, 0.1) is 5.02 Å². The summed E-state index contributed by atoms with van der Waals surface area (Å²) < 4.78 is 18.6. The standard InChI is InChI=1S/C16H19ClFNO3/c1-2-11-6-3-4-9-19(11)14(20)10-22-16(21)15-12(17)7-5-8-13(15)18/h5,7-8,11H,2-4,6,9-10H2,1H3. The van der Waals surface area contributed by atoms with Crippen LogP contribution in [0.5, 0.6) is 0 Å². The van der Waals surface area contributed by atoms with Crippen LogP contribution >= 0.6 is 11.6 Å². The average molecular weight is 328 g/mol. The van der Waals surface area contributed by atoms with Gasteiger partial charge in [0.2, 0.25) is 0 Å².